The van der Waals surface area contributed by atoms with Crippen LogP contribution in [-0.4, -0.2) is 8.80 Å². The minimum absolute atomic E-state index is 0.210. The van der Waals surface area contributed by atoms with E-state index in [2.05, 4.69) is 127 Å². The first-order valence-corrected chi connectivity index (χ1v) is 16.3. The van der Waals surface area contributed by atoms with Crippen LogP contribution in [0.5, 0.6) is 0 Å². The average Bonchev–Trinajstić information content (AvgIpc) is 3.34. The summed E-state index contributed by atoms with van der Waals surface area (Å²) in [7, 11) is -0.985. The molecule has 3 aliphatic rings. The zero-order chi connectivity index (χ0) is 25.1. The Labute approximate surface area is 214 Å². The molecule has 0 bridgehead atoms. The Morgan fingerprint density at radius 2 is 1.51 bits per heavy atom. The molecule has 3 aliphatic carbocycles. The second-order valence-corrected chi connectivity index (χ2v) is 14.7. The molecule has 0 saturated carbocycles. The highest BCUT2D eigenvalue weighted by molar-refractivity contribution is 6.66. The maximum absolute atomic E-state index is 2.54. The molecule has 0 heterocycles. The lowest BCUT2D eigenvalue weighted by atomic mass is 9.59. The van der Waals surface area contributed by atoms with Gasteiger partial charge in [0.2, 0.25) is 0 Å². The molecule has 0 aliphatic heterocycles. The molecule has 1 heteroatoms. The molecular weight excluding hydrogens is 436 g/mol. The molecule has 0 spiro atoms. The van der Waals surface area contributed by atoms with Gasteiger partial charge < -0.3 is 0 Å². The van der Waals surface area contributed by atoms with Gasteiger partial charge in [0.1, 0.15) is 0 Å². The van der Waals surface area contributed by atoms with Crippen LogP contribution >= 0.6 is 0 Å². The standard InChI is InChI=1S/C34H40Si/c1-21(2)26-18-27(22(3)4)20-28(19-26)34(32-23(5)16-25-12-9-10-13-29(25)32)15-11-14-30-31(34)17-24(6)33(30)35(7)8/h9-22,32,35H,1-8H3/t32-,34?/m1/s1. The van der Waals surface area contributed by atoms with Gasteiger partial charge in [-0.05, 0) is 64.6 Å². The van der Waals surface area contributed by atoms with Gasteiger partial charge in [-0.25, -0.2) is 0 Å². The van der Waals surface area contributed by atoms with Crippen LogP contribution in [0.1, 0.15) is 87.1 Å². The SMILES string of the molecule is CC1=Cc2ccccc2[C@@H]1C1(c2cc(C(C)C)cc(C(C)C)c2)C=CC=C2C1=CC(C)=C2[SiH](C)C. The maximum atomic E-state index is 2.54. The van der Waals surface area contributed by atoms with Gasteiger partial charge in [0.25, 0.3) is 0 Å². The van der Waals surface area contributed by atoms with E-state index < -0.39 is 8.80 Å². The van der Waals surface area contributed by atoms with Crippen molar-refractivity contribution in [1.29, 1.82) is 0 Å². The average molecular weight is 477 g/mol. The summed E-state index contributed by atoms with van der Waals surface area (Å²) in [5.41, 5.74) is 12.9. The molecule has 0 radical (unpaired) electrons. The zero-order valence-corrected chi connectivity index (χ0v) is 23.9. The molecule has 35 heavy (non-hydrogen) atoms. The van der Waals surface area contributed by atoms with Crippen molar-refractivity contribution in [1.82, 2.24) is 0 Å². The lowest BCUT2D eigenvalue weighted by molar-refractivity contribution is 0.547. The van der Waals surface area contributed by atoms with Gasteiger partial charge in [-0.1, -0.05) is 130 Å². The lowest BCUT2D eigenvalue weighted by Gasteiger charge is -2.43. The summed E-state index contributed by atoms with van der Waals surface area (Å²) in [5.74, 6) is 1.29. The van der Waals surface area contributed by atoms with Gasteiger partial charge in [0.05, 0.1) is 8.80 Å². The number of hydrogen-bond acceptors (Lipinski definition) is 0. The summed E-state index contributed by atoms with van der Waals surface area (Å²) in [6, 6.07) is 16.6. The highest BCUT2D eigenvalue weighted by atomic mass is 28.3. The van der Waals surface area contributed by atoms with E-state index in [9.17, 15) is 0 Å². The molecule has 2 aromatic carbocycles. The fourth-order valence-corrected chi connectivity index (χ4v) is 8.61. The van der Waals surface area contributed by atoms with E-state index in [1.165, 1.54) is 50.1 Å². The molecule has 0 nitrogen and oxygen atoms in total. The van der Waals surface area contributed by atoms with Crippen molar-refractivity contribution in [2.24, 2.45) is 0 Å². The van der Waals surface area contributed by atoms with Crippen LogP contribution < -0.4 is 0 Å². The van der Waals surface area contributed by atoms with Crippen LogP contribution in [0.25, 0.3) is 6.08 Å². The second-order valence-electron chi connectivity index (χ2n) is 11.8. The lowest BCUT2D eigenvalue weighted by Crippen LogP contribution is -2.36. The van der Waals surface area contributed by atoms with E-state index in [0.29, 0.717) is 17.8 Å². The Morgan fingerprint density at radius 3 is 2.14 bits per heavy atom. The van der Waals surface area contributed by atoms with Gasteiger partial charge in [0, 0.05) is 11.3 Å². The van der Waals surface area contributed by atoms with Gasteiger partial charge in [-0.2, -0.15) is 0 Å². The predicted molar refractivity (Wildman–Crippen MR) is 156 cm³/mol. The molecule has 2 atom stereocenters. The fraction of sp³-hybridized carbons (Fsp3) is 0.353. The zero-order valence-electron chi connectivity index (χ0n) is 22.7. The van der Waals surface area contributed by atoms with E-state index in [4.69, 9.17) is 0 Å². The first-order chi connectivity index (χ1) is 16.6. The normalized spacial score (nSPS) is 23.2. The summed E-state index contributed by atoms with van der Waals surface area (Å²) in [6.07, 6.45) is 12.3. The third kappa shape index (κ3) is 3.71. The summed E-state index contributed by atoms with van der Waals surface area (Å²) < 4.78 is 0. The van der Waals surface area contributed by atoms with Crippen LogP contribution in [0.4, 0.5) is 0 Å². The minimum atomic E-state index is -0.985. The summed E-state index contributed by atoms with van der Waals surface area (Å²) in [5, 5.41) is 1.64. The Morgan fingerprint density at radius 1 is 0.857 bits per heavy atom. The van der Waals surface area contributed by atoms with Crippen molar-refractivity contribution in [2.75, 3.05) is 0 Å². The smallest absolute Gasteiger partial charge is 0.0658 e. The maximum Gasteiger partial charge on any atom is 0.0658 e. The Bertz CT molecular complexity index is 1310. The Hall–Kier alpha value is -2.64. The molecular formula is C34H40Si. The topological polar surface area (TPSA) is 0 Å². The van der Waals surface area contributed by atoms with Crippen molar-refractivity contribution in [2.45, 2.75) is 77.8 Å². The van der Waals surface area contributed by atoms with E-state index in [-0.39, 0.29) is 5.41 Å². The molecule has 0 amide bonds. The third-order valence-corrected chi connectivity index (χ3v) is 10.3. The van der Waals surface area contributed by atoms with Crippen molar-refractivity contribution in [3.63, 3.8) is 0 Å². The molecule has 0 aromatic heterocycles. The second kappa shape index (κ2) is 8.78. The van der Waals surface area contributed by atoms with Gasteiger partial charge in [-0.3, -0.25) is 0 Å². The van der Waals surface area contributed by atoms with Crippen LogP contribution in [0.15, 0.2) is 94.3 Å². The number of benzene rings is 2. The quantitative estimate of drug-likeness (QED) is 0.377. The summed E-state index contributed by atoms with van der Waals surface area (Å²) >= 11 is 0. The molecule has 0 N–H and O–H groups in total. The highest BCUT2D eigenvalue weighted by Gasteiger charge is 2.49. The first-order valence-electron chi connectivity index (χ1n) is 13.4. The molecule has 2 aromatic rings. The monoisotopic (exact) mass is 476 g/mol. The molecule has 180 valence electrons. The van der Waals surface area contributed by atoms with Gasteiger partial charge in [-0.15, -0.1) is 0 Å². The summed E-state index contributed by atoms with van der Waals surface area (Å²) in [4.78, 5) is 0. The van der Waals surface area contributed by atoms with E-state index in [1.807, 2.05) is 0 Å². The van der Waals surface area contributed by atoms with Crippen LogP contribution in [-0.2, 0) is 5.41 Å². The van der Waals surface area contributed by atoms with Gasteiger partial charge >= 0.3 is 0 Å². The molecule has 5 rings (SSSR count). The molecule has 0 fully saturated rings. The Kier molecular flexibility index (Phi) is 6.04. The number of hydrogen-bond donors (Lipinski definition) is 0. The van der Waals surface area contributed by atoms with E-state index in [0.717, 1.165) is 0 Å². The molecule has 0 saturated heterocycles. The highest BCUT2D eigenvalue weighted by Crippen LogP contribution is 2.59. The number of rotatable bonds is 5. The van der Waals surface area contributed by atoms with E-state index in [1.54, 1.807) is 5.20 Å². The summed E-state index contributed by atoms with van der Waals surface area (Å²) in [6.45, 7) is 19.0. The minimum Gasteiger partial charge on any atom is -0.0686 e. The van der Waals surface area contributed by atoms with Crippen LogP contribution in [0.2, 0.25) is 13.1 Å². The largest absolute Gasteiger partial charge is 0.0686 e. The van der Waals surface area contributed by atoms with Crippen LogP contribution in [0.3, 0.4) is 0 Å². The van der Waals surface area contributed by atoms with E-state index >= 15 is 0 Å². The number of allylic oxidation sites excluding steroid dienone is 9. The van der Waals surface area contributed by atoms with Crippen LogP contribution in [0, 0.1) is 0 Å². The predicted octanol–water partition coefficient (Wildman–Crippen LogP) is 9.15. The molecule has 1 unspecified atom stereocenters. The van der Waals surface area contributed by atoms with Crippen molar-refractivity contribution in [3.05, 3.63) is 122 Å². The van der Waals surface area contributed by atoms with Crippen molar-refractivity contribution >= 4 is 14.9 Å². The first kappa shape index (κ1) is 24.1. The van der Waals surface area contributed by atoms with Crippen molar-refractivity contribution in [3.8, 4) is 0 Å². The number of fused-ring (bicyclic) bond motifs is 2. The fourth-order valence-electron chi connectivity index (χ4n) is 6.74. The van der Waals surface area contributed by atoms with Crippen molar-refractivity contribution < 1.29 is 0 Å². The van der Waals surface area contributed by atoms with Gasteiger partial charge in [0.15, 0.2) is 0 Å². The Balaban J connectivity index is 1.84. The third-order valence-electron chi connectivity index (χ3n) is 8.40.